The lowest BCUT2D eigenvalue weighted by Crippen LogP contribution is -2.46. The van der Waals surface area contributed by atoms with Crippen LogP contribution in [0.25, 0.3) is 0 Å². The minimum atomic E-state index is -0.202. The minimum Gasteiger partial charge on any atom is -0.435 e. The zero-order valence-electron chi connectivity index (χ0n) is 13.0. The number of oxazole rings is 1. The predicted molar refractivity (Wildman–Crippen MR) is 83.2 cm³/mol. The fraction of sp³-hybridized carbons (Fsp3) is 0.529. The first-order valence-corrected chi connectivity index (χ1v) is 7.58. The zero-order valence-corrected chi connectivity index (χ0v) is 13.0. The summed E-state index contributed by atoms with van der Waals surface area (Å²) in [5.74, 6) is 0.945. The van der Waals surface area contributed by atoms with E-state index >= 15 is 0 Å². The first-order valence-electron chi connectivity index (χ1n) is 7.58. The monoisotopic (exact) mass is 288 g/mol. The van der Waals surface area contributed by atoms with E-state index in [1.807, 2.05) is 30.9 Å². The van der Waals surface area contributed by atoms with Gasteiger partial charge >= 0.3 is 0 Å². The number of carbonyl (C=O) groups is 1. The Bertz CT molecular complexity index is 535. The summed E-state index contributed by atoms with van der Waals surface area (Å²) < 4.78 is 5.63. The second-order valence-corrected chi connectivity index (χ2v) is 5.65. The summed E-state index contributed by atoms with van der Waals surface area (Å²) in [6.07, 6.45) is 8.00. The van der Waals surface area contributed by atoms with Gasteiger partial charge in [-0.25, -0.2) is 4.98 Å². The SMILES string of the molecule is C=CCC1(CC=C)CCCN1C(=O)c1oc(CC)nc1C. The predicted octanol–water partition coefficient (Wildman–Crippen LogP) is 3.67. The number of hydrogen-bond donors (Lipinski definition) is 0. The average Bonchev–Trinajstić information content (AvgIpc) is 3.03. The third-order valence-electron chi connectivity index (χ3n) is 4.23. The molecule has 2 rings (SSSR count). The van der Waals surface area contributed by atoms with Gasteiger partial charge < -0.3 is 9.32 Å². The summed E-state index contributed by atoms with van der Waals surface area (Å²) in [5.41, 5.74) is 0.474. The van der Waals surface area contributed by atoms with Gasteiger partial charge in [-0.05, 0) is 32.6 Å². The van der Waals surface area contributed by atoms with Crippen molar-refractivity contribution in [1.29, 1.82) is 0 Å². The zero-order chi connectivity index (χ0) is 15.5. The lowest BCUT2D eigenvalue weighted by molar-refractivity contribution is 0.0566. The summed E-state index contributed by atoms with van der Waals surface area (Å²) in [5, 5.41) is 0. The molecule has 1 aliphatic heterocycles. The van der Waals surface area contributed by atoms with Crippen molar-refractivity contribution in [1.82, 2.24) is 9.88 Å². The van der Waals surface area contributed by atoms with Crippen LogP contribution < -0.4 is 0 Å². The van der Waals surface area contributed by atoms with E-state index in [4.69, 9.17) is 4.42 Å². The van der Waals surface area contributed by atoms with E-state index in [9.17, 15) is 4.79 Å². The van der Waals surface area contributed by atoms with Crippen LogP contribution >= 0.6 is 0 Å². The van der Waals surface area contributed by atoms with Crippen molar-refractivity contribution in [3.05, 3.63) is 42.7 Å². The maximum Gasteiger partial charge on any atom is 0.292 e. The summed E-state index contributed by atoms with van der Waals surface area (Å²) in [6, 6.07) is 0. The molecule has 21 heavy (non-hydrogen) atoms. The lowest BCUT2D eigenvalue weighted by atomic mass is 9.88. The highest BCUT2D eigenvalue weighted by atomic mass is 16.4. The Morgan fingerprint density at radius 1 is 1.43 bits per heavy atom. The average molecular weight is 288 g/mol. The Balaban J connectivity index is 2.33. The van der Waals surface area contributed by atoms with Crippen molar-refractivity contribution in [3.63, 3.8) is 0 Å². The van der Waals surface area contributed by atoms with Gasteiger partial charge in [0.1, 0.15) is 0 Å². The van der Waals surface area contributed by atoms with Gasteiger partial charge in [-0.15, -0.1) is 13.2 Å². The molecule has 0 unspecified atom stereocenters. The largest absolute Gasteiger partial charge is 0.435 e. The molecule has 4 nitrogen and oxygen atoms in total. The highest BCUT2D eigenvalue weighted by Gasteiger charge is 2.43. The molecule has 1 aliphatic rings. The third-order valence-corrected chi connectivity index (χ3v) is 4.23. The number of amides is 1. The molecule has 0 radical (unpaired) electrons. The highest BCUT2D eigenvalue weighted by Crippen LogP contribution is 2.37. The molecule has 0 aliphatic carbocycles. The van der Waals surface area contributed by atoms with Crippen LogP contribution in [0.4, 0.5) is 0 Å². The Hall–Kier alpha value is -1.84. The molecule has 114 valence electrons. The van der Waals surface area contributed by atoms with E-state index in [0.29, 0.717) is 23.8 Å². The fourth-order valence-electron chi connectivity index (χ4n) is 3.23. The molecule has 0 bridgehead atoms. The molecule has 2 heterocycles. The second-order valence-electron chi connectivity index (χ2n) is 5.65. The maximum atomic E-state index is 12.9. The highest BCUT2D eigenvalue weighted by molar-refractivity contribution is 5.93. The molecule has 4 heteroatoms. The topological polar surface area (TPSA) is 46.3 Å². The van der Waals surface area contributed by atoms with E-state index in [1.54, 1.807) is 0 Å². The molecular formula is C17H24N2O2. The van der Waals surface area contributed by atoms with Gasteiger partial charge in [0.05, 0.1) is 11.2 Å². The number of hydrogen-bond acceptors (Lipinski definition) is 3. The van der Waals surface area contributed by atoms with Gasteiger partial charge in [0.25, 0.3) is 5.91 Å². The van der Waals surface area contributed by atoms with E-state index in [2.05, 4.69) is 18.1 Å². The van der Waals surface area contributed by atoms with Crippen LogP contribution in [-0.2, 0) is 6.42 Å². The van der Waals surface area contributed by atoms with Gasteiger partial charge in [0.15, 0.2) is 5.89 Å². The van der Waals surface area contributed by atoms with Crippen molar-refractivity contribution in [2.75, 3.05) is 6.54 Å². The van der Waals surface area contributed by atoms with E-state index in [-0.39, 0.29) is 11.4 Å². The Kier molecular flexibility index (Phi) is 4.66. The minimum absolute atomic E-state index is 0.0547. The van der Waals surface area contributed by atoms with Crippen molar-refractivity contribution >= 4 is 5.91 Å². The molecule has 0 N–H and O–H groups in total. The van der Waals surface area contributed by atoms with E-state index in [0.717, 1.165) is 32.2 Å². The van der Waals surface area contributed by atoms with Gasteiger partial charge in [-0.2, -0.15) is 0 Å². The van der Waals surface area contributed by atoms with Crippen molar-refractivity contribution < 1.29 is 9.21 Å². The molecule has 1 fully saturated rings. The first kappa shape index (κ1) is 15.5. The maximum absolute atomic E-state index is 12.9. The van der Waals surface area contributed by atoms with Crippen LogP contribution in [0.2, 0.25) is 0 Å². The van der Waals surface area contributed by atoms with Crippen molar-refractivity contribution in [2.24, 2.45) is 0 Å². The summed E-state index contributed by atoms with van der Waals surface area (Å²) in [4.78, 5) is 19.1. The van der Waals surface area contributed by atoms with Gasteiger partial charge in [-0.1, -0.05) is 19.1 Å². The molecule has 1 aromatic heterocycles. The normalized spacial score (nSPS) is 17.0. The van der Waals surface area contributed by atoms with Crippen LogP contribution in [0.5, 0.6) is 0 Å². The van der Waals surface area contributed by atoms with E-state index in [1.165, 1.54) is 0 Å². The van der Waals surface area contributed by atoms with Crippen LogP contribution in [0.1, 0.15) is 54.7 Å². The molecule has 1 saturated heterocycles. The molecule has 0 spiro atoms. The lowest BCUT2D eigenvalue weighted by Gasteiger charge is -2.37. The fourth-order valence-corrected chi connectivity index (χ4v) is 3.23. The number of aromatic nitrogens is 1. The number of carbonyl (C=O) groups excluding carboxylic acids is 1. The van der Waals surface area contributed by atoms with Gasteiger partial charge in [-0.3, -0.25) is 4.79 Å². The second kappa shape index (κ2) is 6.29. The van der Waals surface area contributed by atoms with E-state index < -0.39 is 0 Å². The molecule has 1 aromatic rings. The number of rotatable bonds is 6. The standard InChI is InChI=1S/C17H24N2O2/c1-5-9-17(10-6-2)11-8-12-19(17)16(20)15-13(4)18-14(7-3)21-15/h5-6H,1-2,7-12H2,3-4H3. The Labute approximate surface area is 126 Å². The summed E-state index contributed by atoms with van der Waals surface area (Å²) in [6.45, 7) is 12.2. The van der Waals surface area contributed by atoms with Crippen molar-refractivity contribution in [3.8, 4) is 0 Å². The van der Waals surface area contributed by atoms with Gasteiger partial charge in [0.2, 0.25) is 5.76 Å². The molecule has 0 saturated carbocycles. The Morgan fingerprint density at radius 3 is 2.62 bits per heavy atom. The smallest absolute Gasteiger partial charge is 0.292 e. The number of nitrogens with zero attached hydrogens (tertiary/aromatic N) is 2. The van der Waals surface area contributed by atoms with Crippen LogP contribution in [0.3, 0.4) is 0 Å². The van der Waals surface area contributed by atoms with Crippen LogP contribution in [-0.4, -0.2) is 27.9 Å². The number of likely N-dealkylation sites (tertiary alicyclic amines) is 1. The van der Waals surface area contributed by atoms with Gasteiger partial charge in [0, 0.05) is 13.0 Å². The quantitative estimate of drug-likeness (QED) is 0.750. The van der Waals surface area contributed by atoms with Crippen LogP contribution in [0, 0.1) is 6.92 Å². The molecular weight excluding hydrogens is 264 g/mol. The third kappa shape index (κ3) is 2.80. The van der Waals surface area contributed by atoms with Crippen molar-refractivity contribution in [2.45, 2.75) is 51.5 Å². The number of aryl methyl sites for hydroxylation is 2. The Morgan fingerprint density at radius 2 is 2.10 bits per heavy atom. The molecule has 1 amide bonds. The van der Waals surface area contributed by atoms with Crippen LogP contribution in [0.15, 0.2) is 29.7 Å². The summed E-state index contributed by atoms with van der Waals surface area (Å²) >= 11 is 0. The molecule has 0 atom stereocenters. The summed E-state index contributed by atoms with van der Waals surface area (Å²) in [7, 11) is 0. The molecule has 0 aromatic carbocycles. The first-order chi connectivity index (χ1) is 10.1.